The maximum Gasteiger partial charge on any atom is 0.195 e. The van der Waals surface area contributed by atoms with Gasteiger partial charge in [0, 0.05) is 47.4 Å². The third kappa shape index (κ3) is 4.17. The summed E-state index contributed by atoms with van der Waals surface area (Å²) in [6.07, 6.45) is 0.877. The van der Waals surface area contributed by atoms with E-state index < -0.39 is 63.3 Å². The normalized spacial score (nSPS) is 20.8. The molecule has 1 aliphatic carbocycles. The molecule has 0 bridgehead atoms. The standard InChI is InChI=1S/C43H36N4S/c1-24-15-18-29(37-25(2)16-19-33-31(37)21-28-11-7-8-12-32(28)43(33,5)6)22-30(24)39-27(4)23-44-41(46-39)38-26(3)17-20-36-40(38)48-42-45-34-13-9-10-14-35(34)47(36)42/h7-20,22-23H,21H2,1-6H3/i1D3,2D3,3D3,4D3,5D3,6D3. The Hall–Kier alpha value is -5.13. The molecule has 1 aliphatic rings. The molecule has 0 saturated heterocycles. The fourth-order valence-corrected chi connectivity index (χ4v) is 8.14. The van der Waals surface area contributed by atoms with Gasteiger partial charge in [-0.1, -0.05) is 91.8 Å². The molecular weight excluding hydrogens is 605 g/mol. The number of fused-ring (bicyclic) bond motifs is 7. The highest BCUT2D eigenvalue weighted by atomic mass is 32.1. The first-order chi connectivity index (χ1) is 30.5. The molecule has 9 rings (SSSR count). The van der Waals surface area contributed by atoms with E-state index in [0.717, 1.165) is 29.1 Å². The van der Waals surface area contributed by atoms with Crippen LogP contribution in [0.5, 0.6) is 0 Å². The van der Waals surface area contributed by atoms with E-state index in [1.165, 1.54) is 42.5 Å². The van der Waals surface area contributed by atoms with Gasteiger partial charge in [-0.05, 0) is 114 Å². The van der Waals surface area contributed by atoms with Crippen LogP contribution in [0, 0.1) is 27.4 Å². The van der Waals surface area contributed by atoms with E-state index in [-0.39, 0.29) is 62.3 Å². The summed E-state index contributed by atoms with van der Waals surface area (Å²) in [6.45, 7) is -18.0. The van der Waals surface area contributed by atoms with Crippen molar-refractivity contribution in [2.45, 2.75) is 52.9 Å². The van der Waals surface area contributed by atoms with Crippen LogP contribution in [0.1, 0.15) is 82.9 Å². The molecule has 0 spiro atoms. The van der Waals surface area contributed by atoms with E-state index in [1.807, 2.05) is 28.7 Å². The van der Waals surface area contributed by atoms with Gasteiger partial charge in [0.05, 0.1) is 26.9 Å². The first kappa shape index (κ1) is 15.8. The number of rotatable bonds is 3. The Morgan fingerprint density at radius 2 is 1.52 bits per heavy atom. The molecule has 8 aromatic rings. The van der Waals surface area contributed by atoms with Crippen LogP contribution in [0.3, 0.4) is 0 Å². The molecule has 0 radical (unpaired) electrons. The molecular formula is C43H36N4S. The summed E-state index contributed by atoms with van der Waals surface area (Å²) in [5.41, 5.74) is -2.57. The second-order valence-electron chi connectivity index (χ2n) is 12.0. The summed E-state index contributed by atoms with van der Waals surface area (Å²) < 4.78 is 158. The van der Waals surface area contributed by atoms with Crippen molar-refractivity contribution in [3.05, 3.63) is 142 Å². The highest BCUT2D eigenvalue weighted by Crippen LogP contribution is 2.46. The lowest BCUT2D eigenvalue weighted by Crippen LogP contribution is -2.27. The molecule has 0 atom stereocenters. The first-order valence-electron chi connectivity index (χ1n) is 24.2. The van der Waals surface area contributed by atoms with Crippen LogP contribution in [-0.2, 0) is 11.8 Å². The van der Waals surface area contributed by atoms with E-state index >= 15 is 0 Å². The number of benzene rings is 5. The van der Waals surface area contributed by atoms with Crippen molar-refractivity contribution in [3.63, 3.8) is 0 Å². The fraction of sp³-hybridized carbons (Fsp3) is 0.186. The van der Waals surface area contributed by atoms with Gasteiger partial charge in [-0.3, -0.25) is 4.40 Å². The predicted molar refractivity (Wildman–Crippen MR) is 200 cm³/mol. The Balaban J connectivity index is 1.38. The van der Waals surface area contributed by atoms with Crippen molar-refractivity contribution < 1.29 is 24.7 Å². The summed E-state index contributed by atoms with van der Waals surface area (Å²) in [4.78, 5) is 14.4. The molecule has 4 nitrogen and oxygen atoms in total. The van der Waals surface area contributed by atoms with E-state index in [2.05, 4.69) is 4.98 Å². The number of imidazole rings is 1. The van der Waals surface area contributed by atoms with Crippen molar-refractivity contribution >= 4 is 37.5 Å². The van der Waals surface area contributed by atoms with Gasteiger partial charge < -0.3 is 0 Å². The minimum atomic E-state index is -3.21. The van der Waals surface area contributed by atoms with Crippen LogP contribution in [0.25, 0.3) is 60.0 Å². The summed E-state index contributed by atoms with van der Waals surface area (Å²) in [7, 11) is 0. The Bertz CT molecular complexity index is 3260. The molecule has 48 heavy (non-hydrogen) atoms. The number of para-hydroxylation sites is 2. The third-order valence-electron chi connectivity index (χ3n) is 9.18. The zero-order chi connectivity index (χ0) is 47.9. The Morgan fingerprint density at radius 3 is 2.40 bits per heavy atom. The van der Waals surface area contributed by atoms with Crippen LogP contribution in [-0.4, -0.2) is 19.4 Å². The lowest BCUT2D eigenvalue weighted by atomic mass is 9.67. The van der Waals surface area contributed by atoms with Crippen LogP contribution < -0.4 is 0 Å². The molecule has 0 amide bonds. The molecule has 0 unspecified atom stereocenters. The Kier molecular flexibility index (Phi) is 3.44. The topological polar surface area (TPSA) is 43.1 Å². The SMILES string of the molecule is [2H]C([2H])([2H])c1ccc(-c2c(C([2H])([2H])[2H])ccc3c2Cc2ccccc2C3(C([2H])([2H])[2H])C([2H])([2H])[2H])cc1-c1nc(-c2c(C([2H])([2H])[2H])ccc3c2sc2nc4ccccc4n23)ncc1C([2H])([2H])[2H]. The Morgan fingerprint density at radius 1 is 0.729 bits per heavy atom. The maximum absolute atomic E-state index is 8.81. The van der Waals surface area contributed by atoms with Crippen LogP contribution in [0.4, 0.5) is 0 Å². The monoisotopic (exact) mass is 658 g/mol. The average Bonchev–Trinajstić information content (AvgIpc) is 3.75. The van der Waals surface area contributed by atoms with Crippen LogP contribution in [0.2, 0.25) is 0 Å². The van der Waals surface area contributed by atoms with Gasteiger partial charge in [0.25, 0.3) is 0 Å². The maximum atomic E-state index is 8.81. The predicted octanol–water partition coefficient (Wildman–Crippen LogP) is 11.0. The molecule has 0 fully saturated rings. The van der Waals surface area contributed by atoms with Crippen molar-refractivity contribution in [1.82, 2.24) is 19.4 Å². The van der Waals surface area contributed by atoms with Gasteiger partial charge in [0.2, 0.25) is 0 Å². The van der Waals surface area contributed by atoms with E-state index in [0.29, 0.717) is 26.3 Å². The van der Waals surface area contributed by atoms with Crippen molar-refractivity contribution in [2.75, 3.05) is 0 Å². The van der Waals surface area contributed by atoms with Gasteiger partial charge in [-0.2, -0.15) is 0 Å². The summed E-state index contributed by atoms with van der Waals surface area (Å²) in [5.74, 6) is -0.248. The highest BCUT2D eigenvalue weighted by molar-refractivity contribution is 7.24. The molecule has 3 aromatic heterocycles. The number of nitrogens with zero attached hydrogens (tertiary/aromatic N) is 4. The smallest absolute Gasteiger partial charge is 0.195 e. The second-order valence-corrected chi connectivity index (χ2v) is 12.9. The number of hydrogen-bond acceptors (Lipinski definition) is 4. The largest absolute Gasteiger partial charge is 0.283 e. The third-order valence-corrected chi connectivity index (χ3v) is 10.3. The molecule has 0 N–H and O–H groups in total. The minimum Gasteiger partial charge on any atom is -0.283 e. The molecule has 234 valence electrons. The summed E-state index contributed by atoms with van der Waals surface area (Å²) in [5, 5.41) is 0. The zero-order valence-electron chi connectivity index (χ0n) is 43.1. The van der Waals surface area contributed by atoms with Gasteiger partial charge in [-0.15, -0.1) is 0 Å². The minimum absolute atomic E-state index is 0.00126. The van der Waals surface area contributed by atoms with Crippen LogP contribution in [0.15, 0.2) is 97.2 Å². The summed E-state index contributed by atoms with van der Waals surface area (Å²) in [6, 6.07) is 22.7. The highest BCUT2D eigenvalue weighted by Gasteiger charge is 2.34. The van der Waals surface area contributed by atoms with E-state index in [1.54, 1.807) is 18.2 Å². The van der Waals surface area contributed by atoms with E-state index in [9.17, 15) is 0 Å². The molecule has 5 heteroatoms. The number of thiazole rings is 1. The lowest BCUT2D eigenvalue weighted by molar-refractivity contribution is 0.611. The fourth-order valence-electron chi connectivity index (χ4n) is 6.96. The average molecular weight is 659 g/mol. The van der Waals surface area contributed by atoms with Crippen LogP contribution >= 0.6 is 11.3 Å². The zero-order valence-corrected chi connectivity index (χ0v) is 26.0. The molecule has 3 heterocycles. The number of aromatic nitrogens is 4. The van der Waals surface area contributed by atoms with Gasteiger partial charge >= 0.3 is 0 Å². The lowest BCUT2D eigenvalue weighted by Gasteiger charge is -2.37. The Labute approximate surface area is 310 Å². The van der Waals surface area contributed by atoms with Gasteiger partial charge in [-0.25, -0.2) is 15.0 Å². The quantitative estimate of drug-likeness (QED) is 0.190. The molecule has 0 aliphatic heterocycles. The number of hydrogen-bond donors (Lipinski definition) is 0. The molecule has 5 aromatic carbocycles. The number of aryl methyl sites for hydroxylation is 4. The molecule has 0 saturated carbocycles. The second kappa shape index (κ2) is 10.4. The van der Waals surface area contributed by atoms with Gasteiger partial charge in [0.15, 0.2) is 10.8 Å². The first-order valence-corrected chi connectivity index (χ1v) is 16.0. The summed E-state index contributed by atoms with van der Waals surface area (Å²) >= 11 is 1.16. The van der Waals surface area contributed by atoms with E-state index in [4.69, 9.17) is 34.6 Å². The van der Waals surface area contributed by atoms with Crippen molar-refractivity contribution in [1.29, 1.82) is 0 Å². The van der Waals surface area contributed by atoms with Gasteiger partial charge in [0.1, 0.15) is 0 Å². The van der Waals surface area contributed by atoms with Crippen molar-refractivity contribution in [2.24, 2.45) is 0 Å². The van der Waals surface area contributed by atoms with Crippen molar-refractivity contribution in [3.8, 4) is 33.8 Å².